The van der Waals surface area contributed by atoms with Crippen molar-refractivity contribution in [3.8, 4) is 0 Å². The number of esters is 2. The molecule has 1 saturated heterocycles. The van der Waals surface area contributed by atoms with Crippen LogP contribution in [0.25, 0.3) is 0 Å². The van der Waals surface area contributed by atoms with Gasteiger partial charge in [-0.15, -0.1) is 0 Å². The molecule has 1 aliphatic rings. The zero-order valence-corrected chi connectivity index (χ0v) is 17.5. The number of allylic oxidation sites excluding steroid dienone is 2. The van der Waals surface area contributed by atoms with Crippen molar-refractivity contribution in [3.63, 3.8) is 0 Å². The topological polar surface area (TPSA) is 71.1 Å². The third kappa shape index (κ3) is 8.57. The van der Waals surface area contributed by atoms with Crippen LogP contribution >= 0.6 is 0 Å². The number of ether oxygens (including phenoxy) is 1. The monoisotopic (exact) mass is 386 g/mol. The number of hydrogen-bond donors (Lipinski definition) is 0. The van der Waals surface area contributed by atoms with Gasteiger partial charge in [0.25, 0.3) is 0 Å². The fourth-order valence-electron chi connectivity index (χ4n) is 3.12. The van der Waals surface area contributed by atoms with E-state index in [1.807, 2.05) is 6.08 Å². The van der Waals surface area contributed by atoms with Crippen molar-refractivity contribution in [3.05, 3.63) is 12.2 Å². The molecule has 0 radical (unpaired) electrons. The smallest absolute Gasteiger partial charge is 0.393 e. The Balaban J connectivity index is 1.92. The van der Waals surface area contributed by atoms with Crippen LogP contribution in [-0.2, 0) is 27.6 Å². The summed E-state index contributed by atoms with van der Waals surface area (Å²) in [5.74, 6) is -1.04. The highest BCUT2D eigenvalue weighted by Crippen LogP contribution is 2.20. The summed E-state index contributed by atoms with van der Waals surface area (Å²) in [6.07, 6.45) is 14.4. The van der Waals surface area contributed by atoms with Crippen molar-refractivity contribution in [2.24, 2.45) is 5.92 Å². The average molecular weight is 387 g/mol. The molecule has 0 aromatic carbocycles. The van der Waals surface area contributed by atoms with E-state index in [0.717, 1.165) is 25.3 Å². The molecule has 1 fully saturated rings. The molecule has 1 unspecified atom stereocenters. The summed E-state index contributed by atoms with van der Waals surface area (Å²) < 4.78 is 20.8. The number of unbranched alkanes of at least 4 members (excludes halogenated alkanes) is 7. The van der Waals surface area contributed by atoms with Crippen LogP contribution in [0.15, 0.2) is 12.2 Å². The van der Waals surface area contributed by atoms with Gasteiger partial charge in [0.2, 0.25) is 0 Å². The summed E-state index contributed by atoms with van der Waals surface area (Å²) in [6, 6.07) is 0.876. The van der Waals surface area contributed by atoms with E-state index in [-0.39, 0.29) is 18.3 Å². The van der Waals surface area contributed by atoms with Crippen molar-refractivity contribution in [1.29, 1.82) is 0 Å². The van der Waals surface area contributed by atoms with Gasteiger partial charge >= 0.3 is 20.7 Å². The predicted octanol–water partition coefficient (Wildman–Crippen LogP) is 4.02. The summed E-state index contributed by atoms with van der Waals surface area (Å²) in [6.45, 7) is 0. The van der Waals surface area contributed by atoms with Crippen molar-refractivity contribution >= 4 is 20.7 Å². The molecular formula is C19H34O6Si. The lowest BCUT2D eigenvalue weighted by Crippen LogP contribution is -2.42. The second-order valence-corrected chi connectivity index (χ2v) is 9.80. The third-order valence-corrected chi connectivity index (χ3v) is 7.67. The SMILES string of the molecule is CO[Si](CCCCCCCCC/C=C/CC1CC(=O)OC1=O)(OC)OC. The molecule has 0 spiro atoms. The zero-order valence-electron chi connectivity index (χ0n) is 16.5. The molecule has 0 aromatic rings. The second-order valence-electron chi connectivity index (χ2n) is 6.71. The van der Waals surface area contributed by atoms with E-state index in [2.05, 4.69) is 10.8 Å². The number of cyclic esters (lactones) is 2. The number of hydrogen-bond acceptors (Lipinski definition) is 6. The molecule has 150 valence electrons. The van der Waals surface area contributed by atoms with Gasteiger partial charge in [0.05, 0.1) is 12.3 Å². The summed E-state index contributed by atoms with van der Waals surface area (Å²) in [5, 5.41) is 0. The Morgan fingerprint density at radius 1 is 0.923 bits per heavy atom. The number of carbonyl (C=O) groups is 2. The third-order valence-electron chi connectivity index (χ3n) is 4.83. The molecular weight excluding hydrogens is 352 g/mol. The van der Waals surface area contributed by atoms with Crippen LogP contribution in [0.1, 0.15) is 64.2 Å². The lowest BCUT2D eigenvalue weighted by Gasteiger charge is -2.24. The van der Waals surface area contributed by atoms with Crippen molar-refractivity contribution in [2.45, 2.75) is 70.3 Å². The fraction of sp³-hybridized carbons (Fsp3) is 0.789. The predicted molar refractivity (Wildman–Crippen MR) is 101 cm³/mol. The van der Waals surface area contributed by atoms with Gasteiger partial charge in [-0.25, -0.2) is 0 Å². The quantitative estimate of drug-likeness (QED) is 0.139. The Bertz CT molecular complexity index is 439. The Kier molecular flexibility index (Phi) is 11.7. The normalized spacial score (nSPS) is 18.0. The Morgan fingerprint density at radius 2 is 1.50 bits per heavy atom. The molecule has 26 heavy (non-hydrogen) atoms. The number of carbonyl (C=O) groups excluding carboxylic acids is 2. The molecule has 1 heterocycles. The largest absolute Gasteiger partial charge is 0.500 e. The minimum absolute atomic E-state index is 0.228. The first-order valence-electron chi connectivity index (χ1n) is 9.62. The minimum atomic E-state index is -2.38. The van der Waals surface area contributed by atoms with Gasteiger partial charge in [0.15, 0.2) is 0 Å². The highest BCUT2D eigenvalue weighted by atomic mass is 28.4. The molecule has 0 aromatic heterocycles. The summed E-state index contributed by atoms with van der Waals surface area (Å²) >= 11 is 0. The van der Waals surface area contributed by atoms with Crippen molar-refractivity contribution in [2.75, 3.05) is 21.3 Å². The molecule has 1 aliphatic heterocycles. The van der Waals surface area contributed by atoms with Crippen LogP contribution in [0.5, 0.6) is 0 Å². The van der Waals surface area contributed by atoms with Gasteiger partial charge in [-0.3, -0.25) is 9.59 Å². The summed E-state index contributed by atoms with van der Waals surface area (Å²) in [4.78, 5) is 22.3. The summed E-state index contributed by atoms with van der Waals surface area (Å²) in [7, 11) is 2.59. The Labute approximate surface area is 158 Å². The van der Waals surface area contributed by atoms with E-state index < -0.39 is 14.8 Å². The van der Waals surface area contributed by atoms with E-state index in [9.17, 15) is 9.59 Å². The van der Waals surface area contributed by atoms with E-state index in [1.54, 1.807) is 21.3 Å². The van der Waals surface area contributed by atoms with Crippen molar-refractivity contribution in [1.82, 2.24) is 0 Å². The van der Waals surface area contributed by atoms with Gasteiger partial charge in [-0.2, -0.15) is 0 Å². The maximum Gasteiger partial charge on any atom is 0.500 e. The van der Waals surface area contributed by atoms with Crippen LogP contribution in [0.4, 0.5) is 0 Å². The van der Waals surface area contributed by atoms with E-state index in [0.29, 0.717) is 6.42 Å². The lowest BCUT2D eigenvalue weighted by molar-refractivity contribution is -0.153. The van der Waals surface area contributed by atoms with Crippen LogP contribution in [0.3, 0.4) is 0 Å². The minimum Gasteiger partial charge on any atom is -0.393 e. The zero-order chi connectivity index (χ0) is 19.3. The van der Waals surface area contributed by atoms with Crippen molar-refractivity contribution < 1.29 is 27.6 Å². The number of rotatable bonds is 15. The van der Waals surface area contributed by atoms with Crippen LogP contribution < -0.4 is 0 Å². The maximum absolute atomic E-state index is 11.3. The van der Waals surface area contributed by atoms with Crippen LogP contribution in [0.2, 0.25) is 6.04 Å². The molecule has 0 bridgehead atoms. The Morgan fingerprint density at radius 3 is 2.04 bits per heavy atom. The molecule has 6 nitrogen and oxygen atoms in total. The molecule has 0 saturated carbocycles. The first-order chi connectivity index (χ1) is 12.6. The molecule has 0 aliphatic carbocycles. The van der Waals surface area contributed by atoms with Gasteiger partial charge in [0.1, 0.15) is 0 Å². The standard InChI is InChI=1S/C19H34O6Si/c1-22-26(23-2,24-3)15-13-11-9-7-5-4-6-8-10-12-14-17-16-18(20)25-19(17)21/h10,12,17H,4-9,11,13-16H2,1-3H3/b12-10+. The first-order valence-corrected chi connectivity index (χ1v) is 11.5. The highest BCUT2D eigenvalue weighted by molar-refractivity contribution is 6.60. The molecule has 0 amide bonds. The van der Waals surface area contributed by atoms with Crippen LogP contribution in [-0.4, -0.2) is 42.1 Å². The Hall–Kier alpha value is -1.02. The maximum atomic E-state index is 11.3. The van der Waals surface area contributed by atoms with E-state index in [4.69, 9.17) is 13.3 Å². The van der Waals surface area contributed by atoms with E-state index in [1.165, 1.54) is 32.1 Å². The van der Waals surface area contributed by atoms with Gasteiger partial charge in [0, 0.05) is 27.4 Å². The highest BCUT2D eigenvalue weighted by Gasteiger charge is 2.36. The van der Waals surface area contributed by atoms with Crippen LogP contribution in [0, 0.1) is 5.92 Å². The fourth-order valence-corrected chi connectivity index (χ4v) is 4.92. The average Bonchev–Trinajstić information content (AvgIpc) is 2.97. The molecule has 1 atom stereocenters. The molecule has 0 N–H and O–H groups in total. The first kappa shape index (κ1) is 23.0. The molecule has 7 heteroatoms. The lowest BCUT2D eigenvalue weighted by atomic mass is 10.0. The van der Waals surface area contributed by atoms with Gasteiger partial charge in [-0.1, -0.05) is 44.3 Å². The van der Waals surface area contributed by atoms with Gasteiger partial charge in [-0.05, 0) is 25.7 Å². The van der Waals surface area contributed by atoms with Gasteiger partial charge < -0.3 is 18.0 Å². The summed E-state index contributed by atoms with van der Waals surface area (Å²) in [5.41, 5.74) is 0. The van der Waals surface area contributed by atoms with E-state index >= 15 is 0 Å². The molecule has 1 rings (SSSR count). The second kappa shape index (κ2) is 13.2.